The molecule has 0 spiro atoms. The van der Waals surface area contributed by atoms with Gasteiger partial charge in [-0.3, -0.25) is 0 Å². The van der Waals surface area contributed by atoms with Crippen molar-refractivity contribution < 1.29 is 13.2 Å². The molecule has 6 heteroatoms. The summed E-state index contributed by atoms with van der Waals surface area (Å²) >= 11 is 6.11. The zero-order chi connectivity index (χ0) is 15.2. The van der Waals surface area contributed by atoms with Gasteiger partial charge >= 0.3 is 0 Å². The van der Waals surface area contributed by atoms with E-state index in [4.69, 9.17) is 16.3 Å². The molecule has 0 aliphatic heterocycles. The Kier molecular flexibility index (Phi) is 6.79. The summed E-state index contributed by atoms with van der Waals surface area (Å²) in [6.45, 7) is 2.97. The van der Waals surface area contributed by atoms with E-state index in [9.17, 15) is 8.42 Å². The fraction of sp³-hybridized carbons (Fsp3) is 0.571. The lowest BCUT2D eigenvalue weighted by Crippen LogP contribution is -2.28. The highest BCUT2D eigenvalue weighted by atomic mass is 35.5. The molecule has 1 atom stereocenters. The van der Waals surface area contributed by atoms with Crippen LogP contribution in [0.1, 0.15) is 13.3 Å². The molecule has 0 N–H and O–H groups in total. The minimum Gasteiger partial charge on any atom is -0.383 e. The molecule has 114 valence electrons. The van der Waals surface area contributed by atoms with Gasteiger partial charge in [0.05, 0.1) is 22.6 Å². The summed E-state index contributed by atoms with van der Waals surface area (Å²) < 4.78 is 28.8. The number of hydrogen-bond acceptors (Lipinski definition) is 4. The first-order valence-electron chi connectivity index (χ1n) is 6.57. The molecule has 0 aliphatic rings. The largest absolute Gasteiger partial charge is 0.383 e. The van der Waals surface area contributed by atoms with Crippen LogP contribution in [0.3, 0.4) is 0 Å². The molecule has 1 aromatic carbocycles. The Balaban J connectivity index is 2.76. The molecule has 0 amide bonds. The second-order valence-corrected chi connectivity index (χ2v) is 7.47. The molecule has 1 unspecified atom stereocenters. The Morgan fingerprint density at radius 2 is 1.90 bits per heavy atom. The van der Waals surface area contributed by atoms with Crippen molar-refractivity contribution in [1.29, 1.82) is 0 Å². The molecule has 4 nitrogen and oxygen atoms in total. The fourth-order valence-corrected chi connectivity index (χ4v) is 3.59. The molecule has 1 aromatic rings. The van der Waals surface area contributed by atoms with Crippen molar-refractivity contribution in [1.82, 2.24) is 0 Å². The Morgan fingerprint density at radius 3 is 2.40 bits per heavy atom. The van der Waals surface area contributed by atoms with E-state index in [2.05, 4.69) is 0 Å². The number of hydrogen-bond donors (Lipinski definition) is 0. The SMILES string of the molecule is CCCS(=O)(=O)c1ccc(N(C)CC(Cl)COC)cc1. The third-order valence-electron chi connectivity index (χ3n) is 2.93. The molecule has 0 radical (unpaired) electrons. The molecule has 20 heavy (non-hydrogen) atoms. The topological polar surface area (TPSA) is 46.6 Å². The maximum absolute atomic E-state index is 11.9. The number of sulfone groups is 1. The number of halogens is 1. The van der Waals surface area contributed by atoms with Crippen molar-refractivity contribution in [3.63, 3.8) is 0 Å². The van der Waals surface area contributed by atoms with Crippen molar-refractivity contribution in [2.24, 2.45) is 0 Å². The van der Waals surface area contributed by atoms with E-state index in [1.807, 2.05) is 18.9 Å². The second kappa shape index (κ2) is 7.86. The van der Waals surface area contributed by atoms with Crippen molar-refractivity contribution in [2.45, 2.75) is 23.6 Å². The van der Waals surface area contributed by atoms with Crippen LogP contribution in [0.4, 0.5) is 5.69 Å². The van der Waals surface area contributed by atoms with Crippen LogP contribution in [-0.4, -0.2) is 46.9 Å². The normalized spacial score (nSPS) is 13.2. The number of benzene rings is 1. The minimum atomic E-state index is -3.15. The summed E-state index contributed by atoms with van der Waals surface area (Å²) in [5.74, 6) is 0.180. The van der Waals surface area contributed by atoms with E-state index < -0.39 is 9.84 Å². The molecule has 0 bridgehead atoms. The summed E-state index contributed by atoms with van der Waals surface area (Å²) in [6, 6.07) is 6.91. The van der Waals surface area contributed by atoms with E-state index in [0.717, 1.165) is 5.69 Å². The third-order valence-corrected chi connectivity index (χ3v) is 5.13. The second-order valence-electron chi connectivity index (χ2n) is 4.75. The van der Waals surface area contributed by atoms with Crippen molar-refractivity contribution >= 4 is 27.1 Å². The van der Waals surface area contributed by atoms with Crippen LogP contribution in [-0.2, 0) is 14.6 Å². The molecular formula is C14H22ClNO3S. The standard InChI is InChI=1S/C14H22ClNO3S/c1-4-9-20(17,18)14-7-5-13(6-8-14)16(2)10-12(15)11-19-3/h5-8,12H,4,9-11H2,1-3H3. The van der Waals surface area contributed by atoms with Gasteiger partial charge in [0.1, 0.15) is 0 Å². The van der Waals surface area contributed by atoms with E-state index >= 15 is 0 Å². The summed E-state index contributed by atoms with van der Waals surface area (Å²) in [4.78, 5) is 2.35. The van der Waals surface area contributed by atoms with Gasteiger partial charge in [0.15, 0.2) is 9.84 Å². The first kappa shape index (κ1) is 17.3. The lowest BCUT2D eigenvalue weighted by molar-refractivity contribution is 0.199. The van der Waals surface area contributed by atoms with Gasteiger partial charge in [-0.1, -0.05) is 6.92 Å². The van der Waals surface area contributed by atoms with Crippen LogP contribution in [0.25, 0.3) is 0 Å². The number of rotatable bonds is 8. The maximum Gasteiger partial charge on any atom is 0.178 e. The number of nitrogens with zero attached hydrogens (tertiary/aromatic N) is 1. The number of ether oxygens (including phenoxy) is 1. The van der Waals surface area contributed by atoms with E-state index in [-0.39, 0.29) is 11.1 Å². The first-order valence-corrected chi connectivity index (χ1v) is 8.66. The lowest BCUT2D eigenvalue weighted by Gasteiger charge is -2.22. The van der Waals surface area contributed by atoms with Gasteiger partial charge in [0, 0.05) is 26.4 Å². The predicted octanol–water partition coefficient (Wildman–Crippen LogP) is 2.56. The Labute approximate surface area is 126 Å². The summed E-state index contributed by atoms with van der Waals surface area (Å²) in [7, 11) is 0.382. The van der Waals surface area contributed by atoms with Crippen molar-refractivity contribution in [2.75, 3.05) is 38.0 Å². The van der Waals surface area contributed by atoms with E-state index in [1.54, 1.807) is 31.4 Å². The van der Waals surface area contributed by atoms with Gasteiger partial charge in [0.25, 0.3) is 0 Å². The van der Waals surface area contributed by atoms with Crippen LogP contribution < -0.4 is 4.90 Å². The molecule has 0 heterocycles. The minimum absolute atomic E-state index is 0.103. The zero-order valence-electron chi connectivity index (χ0n) is 12.2. The predicted molar refractivity (Wildman–Crippen MR) is 83.6 cm³/mol. The van der Waals surface area contributed by atoms with Crippen molar-refractivity contribution in [3.8, 4) is 0 Å². The van der Waals surface area contributed by atoms with Crippen LogP contribution in [0.15, 0.2) is 29.2 Å². The van der Waals surface area contributed by atoms with Crippen LogP contribution in [0.5, 0.6) is 0 Å². The van der Waals surface area contributed by atoms with Gasteiger partial charge < -0.3 is 9.64 Å². The molecule has 0 fully saturated rings. The molecular weight excluding hydrogens is 298 g/mol. The number of anilines is 1. The molecule has 0 aromatic heterocycles. The van der Waals surface area contributed by atoms with Gasteiger partial charge in [-0.2, -0.15) is 0 Å². The average molecular weight is 320 g/mol. The lowest BCUT2D eigenvalue weighted by atomic mass is 10.3. The highest BCUT2D eigenvalue weighted by Gasteiger charge is 2.14. The quantitative estimate of drug-likeness (QED) is 0.691. The summed E-state index contributed by atoms with van der Waals surface area (Å²) in [5.41, 5.74) is 0.933. The van der Waals surface area contributed by atoms with Gasteiger partial charge in [0.2, 0.25) is 0 Å². The molecule has 0 saturated heterocycles. The van der Waals surface area contributed by atoms with Gasteiger partial charge in [-0.05, 0) is 30.7 Å². The van der Waals surface area contributed by atoms with E-state index in [1.165, 1.54) is 0 Å². The van der Waals surface area contributed by atoms with Crippen LogP contribution in [0.2, 0.25) is 0 Å². The van der Waals surface area contributed by atoms with Crippen LogP contribution >= 0.6 is 11.6 Å². The number of methoxy groups -OCH3 is 1. The number of alkyl halides is 1. The van der Waals surface area contributed by atoms with Gasteiger partial charge in [-0.15, -0.1) is 11.6 Å². The first-order chi connectivity index (χ1) is 9.40. The highest BCUT2D eigenvalue weighted by Crippen LogP contribution is 2.19. The monoisotopic (exact) mass is 319 g/mol. The molecule has 1 rings (SSSR count). The Morgan fingerprint density at radius 1 is 1.30 bits per heavy atom. The third kappa shape index (κ3) is 4.96. The summed E-state index contributed by atoms with van der Waals surface area (Å²) in [5, 5.41) is -0.103. The van der Waals surface area contributed by atoms with Gasteiger partial charge in [-0.25, -0.2) is 8.42 Å². The zero-order valence-corrected chi connectivity index (χ0v) is 13.7. The summed E-state index contributed by atoms with van der Waals surface area (Å²) in [6.07, 6.45) is 0.620. The highest BCUT2D eigenvalue weighted by molar-refractivity contribution is 7.91. The Hall–Kier alpha value is -0.780. The average Bonchev–Trinajstić information content (AvgIpc) is 2.39. The smallest absolute Gasteiger partial charge is 0.178 e. The Bertz CT molecular complexity index is 502. The van der Waals surface area contributed by atoms with E-state index in [0.29, 0.717) is 24.5 Å². The maximum atomic E-state index is 11.9. The molecule has 0 aliphatic carbocycles. The van der Waals surface area contributed by atoms with Crippen molar-refractivity contribution in [3.05, 3.63) is 24.3 Å². The van der Waals surface area contributed by atoms with Crippen LogP contribution in [0, 0.1) is 0 Å². The fourth-order valence-electron chi connectivity index (χ4n) is 1.93. The molecule has 0 saturated carbocycles.